The van der Waals surface area contributed by atoms with Crippen molar-refractivity contribution in [2.45, 2.75) is 153 Å². The molecule has 2 atom stereocenters. The van der Waals surface area contributed by atoms with Crippen molar-refractivity contribution in [1.29, 1.82) is 0 Å². The molecule has 42 heavy (non-hydrogen) atoms. The maximum atomic E-state index is 12.2. The molecular formula is C32H54N2O8. The third-order valence-corrected chi connectivity index (χ3v) is 9.29. The van der Waals surface area contributed by atoms with Gasteiger partial charge in [-0.3, -0.25) is 19.2 Å². The lowest BCUT2D eigenvalue weighted by Gasteiger charge is -2.36. The topological polar surface area (TPSA) is 174 Å². The Hall–Kier alpha value is -2.65. The van der Waals surface area contributed by atoms with Crippen LogP contribution in [0.4, 0.5) is 0 Å². The molecule has 5 N–H and O–H groups in total. The number of carboxylic acids is 4. The van der Waals surface area contributed by atoms with Crippen LogP contribution in [0.1, 0.15) is 148 Å². The molecule has 0 aromatic heterocycles. The van der Waals surface area contributed by atoms with Crippen LogP contribution in [0.5, 0.6) is 0 Å². The van der Waals surface area contributed by atoms with Gasteiger partial charge in [0.05, 0.1) is 12.0 Å². The summed E-state index contributed by atoms with van der Waals surface area (Å²) in [5, 5.41) is 43.4. The number of nitrogens with one attached hydrogen (secondary N) is 1. The van der Waals surface area contributed by atoms with E-state index in [9.17, 15) is 39.6 Å². The minimum absolute atomic E-state index is 0.0262. The Morgan fingerprint density at radius 3 is 1.29 bits per heavy atom. The Morgan fingerprint density at radius 1 is 0.571 bits per heavy atom. The molecule has 2 unspecified atom stereocenters. The predicted octanol–water partition coefficient (Wildman–Crippen LogP) is 6.86. The molecule has 0 radical (unpaired) electrons. The van der Waals surface area contributed by atoms with Crippen LogP contribution in [0, 0.1) is 17.8 Å². The summed E-state index contributed by atoms with van der Waals surface area (Å²) in [4.78, 5) is 47.1. The van der Waals surface area contributed by atoms with Gasteiger partial charge in [-0.1, -0.05) is 44.9 Å². The van der Waals surface area contributed by atoms with Crippen molar-refractivity contribution < 1.29 is 39.6 Å². The average molecular weight is 595 g/mol. The zero-order chi connectivity index (χ0) is 30.8. The van der Waals surface area contributed by atoms with Crippen molar-refractivity contribution in [2.75, 3.05) is 0 Å². The van der Waals surface area contributed by atoms with Gasteiger partial charge in [-0.2, -0.15) is 5.10 Å². The van der Waals surface area contributed by atoms with Gasteiger partial charge in [0.15, 0.2) is 0 Å². The number of carbonyl (C=O) groups is 4. The van der Waals surface area contributed by atoms with Crippen LogP contribution in [0.2, 0.25) is 0 Å². The molecular weight excluding hydrogens is 540 g/mol. The molecule has 2 aliphatic rings. The van der Waals surface area contributed by atoms with Crippen LogP contribution in [-0.4, -0.2) is 55.6 Å². The number of hydrazone groups is 1. The van der Waals surface area contributed by atoms with Crippen LogP contribution >= 0.6 is 0 Å². The highest BCUT2D eigenvalue weighted by molar-refractivity contribution is 5.84. The van der Waals surface area contributed by atoms with Crippen LogP contribution < -0.4 is 5.43 Å². The van der Waals surface area contributed by atoms with Crippen molar-refractivity contribution in [3.05, 3.63) is 0 Å². The van der Waals surface area contributed by atoms with Gasteiger partial charge in [0, 0.05) is 25.0 Å². The maximum absolute atomic E-state index is 12.2. The number of hydrogen-bond donors (Lipinski definition) is 5. The molecule has 0 spiro atoms. The van der Waals surface area contributed by atoms with Crippen LogP contribution in [0.3, 0.4) is 0 Å². The van der Waals surface area contributed by atoms with Gasteiger partial charge in [-0.15, -0.1) is 0 Å². The molecule has 240 valence electrons. The number of rotatable bonds is 10. The van der Waals surface area contributed by atoms with Gasteiger partial charge in [-0.25, -0.2) is 0 Å². The van der Waals surface area contributed by atoms with E-state index < -0.39 is 29.4 Å². The van der Waals surface area contributed by atoms with Crippen LogP contribution in [-0.2, 0) is 19.2 Å². The summed E-state index contributed by atoms with van der Waals surface area (Å²) in [5.74, 6) is -4.30. The zero-order valence-corrected chi connectivity index (χ0v) is 25.4. The Morgan fingerprint density at radius 2 is 0.929 bits per heavy atom. The monoisotopic (exact) mass is 594 g/mol. The van der Waals surface area contributed by atoms with Gasteiger partial charge >= 0.3 is 23.9 Å². The Bertz CT molecular complexity index is 844. The summed E-state index contributed by atoms with van der Waals surface area (Å²) >= 11 is 0. The van der Waals surface area contributed by atoms with Gasteiger partial charge in [0.25, 0.3) is 0 Å². The molecule has 0 amide bonds. The number of carboxylic acid groups (broad SMARTS) is 4. The minimum Gasteiger partial charge on any atom is -0.481 e. The van der Waals surface area contributed by atoms with E-state index in [4.69, 9.17) is 5.10 Å². The molecule has 0 saturated heterocycles. The first-order chi connectivity index (χ1) is 20.1. The minimum atomic E-state index is -0.973. The molecule has 10 nitrogen and oxygen atoms in total. The van der Waals surface area contributed by atoms with E-state index in [1.54, 1.807) is 0 Å². The third-order valence-electron chi connectivity index (χ3n) is 9.29. The average Bonchev–Trinajstić information content (AvgIpc) is 2.89. The summed E-state index contributed by atoms with van der Waals surface area (Å²) in [5.41, 5.74) is 3.44. The zero-order valence-electron chi connectivity index (χ0n) is 25.4. The summed E-state index contributed by atoms with van der Waals surface area (Å²) in [6.07, 6.45) is 16.0. The SMILES string of the molecule is O=C(O)CC1CCC(CC(=O)O)CCC(CC(=O)O)(NN=C2CCCCCCCCCCC2)CCC(CC(=O)O)CC1. The molecule has 10 heteroatoms. The number of nitrogens with zero attached hydrogens (tertiary/aromatic N) is 1. The first kappa shape index (κ1) is 35.5. The maximum Gasteiger partial charge on any atom is 0.305 e. The largest absolute Gasteiger partial charge is 0.481 e. The molecule has 0 heterocycles. The van der Waals surface area contributed by atoms with E-state index >= 15 is 0 Å². The fourth-order valence-electron chi connectivity index (χ4n) is 6.76. The van der Waals surface area contributed by atoms with E-state index in [-0.39, 0.29) is 43.4 Å². The second-order valence-electron chi connectivity index (χ2n) is 12.9. The lowest BCUT2D eigenvalue weighted by molar-refractivity contribution is -0.141. The highest BCUT2D eigenvalue weighted by Gasteiger charge is 2.35. The van der Waals surface area contributed by atoms with Gasteiger partial charge in [0.1, 0.15) is 0 Å². The molecule has 0 aromatic rings. The molecule has 2 aliphatic carbocycles. The predicted molar refractivity (Wildman–Crippen MR) is 161 cm³/mol. The van der Waals surface area contributed by atoms with E-state index in [2.05, 4.69) is 5.43 Å². The first-order valence-corrected chi connectivity index (χ1v) is 16.3. The molecule has 0 aromatic carbocycles. The highest BCUT2D eigenvalue weighted by Crippen LogP contribution is 2.35. The fourth-order valence-corrected chi connectivity index (χ4v) is 6.76. The number of aliphatic carboxylic acids is 4. The number of hydrogen-bond acceptors (Lipinski definition) is 6. The van der Waals surface area contributed by atoms with E-state index in [0.29, 0.717) is 51.4 Å². The molecule has 0 bridgehead atoms. The van der Waals surface area contributed by atoms with Gasteiger partial charge in [-0.05, 0) is 94.8 Å². The van der Waals surface area contributed by atoms with Crippen molar-refractivity contribution in [3.8, 4) is 0 Å². The van der Waals surface area contributed by atoms with Crippen molar-refractivity contribution >= 4 is 29.6 Å². The third kappa shape index (κ3) is 15.5. The summed E-state index contributed by atoms with van der Waals surface area (Å²) in [7, 11) is 0. The smallest absolute Gasteiger partial charge is 0.305 e. The second-order valence-corrected chi connectivity index (χ2v) is 12.9. The summed E-state index contributed by atoms with van der Waals surface area (Å²) in [6.45, 7) is 0. The normalized spacial score (nSPS) is 27.6. The highest BCUT2D eigenvalue weighted by atomic mass is 16.4. The van der Waals surface area contributed by atoms with Crippen molar-refractivity contribution in [3.63, 3.8) is 0 Å². The fraction of sp³-hybridized carbons (Fsp3) is 0.844. The van der Waals surface area contributed by atoms with E-state index in [1.807, 2.05) is 0 Å². The standard InChI is InChI=1S/C32H54N2O8/c35-28(36)20-24-12-14-25(21-29(37)38)16-18-32(23-31(41)42,19-17-26(15-13-24)22-30(39)40)34-33-27-10-8-6-4-2-1-3-5-7-9-11-27/h24-26,34H,1-23H2,(H,35,36)(H,37,38)(H,39,40)(H,41,42). The lowest BCUT2D eigenvalue weighted by Crippen LogP contribution is -2.45. The second kappa shape index (κ2) is 19.5. The van der Waals surface area contributed by atoms with Crippen molar-refractivity contribution in [1.82, 2.24) is 5.43 Å². The van der Waals surface area contributed by atoms with Crippen molar-refractivity contribution in [2.24, 2.45) is 22.9 Å². The van der Waals surface area contributed by atoms with Gasteiger partial charge in [0.2, 0.25) is 0 Å². The molecule has 0 aliphatic heterocycles. The molecule has 2 rings (SSSR count). The Labute approximate surface area is 250 Å². The first-order valence-electron chi connectivity index (χ1n) is 16.3. The lowest BCUT2D eigenvalue weighted by atomic mass is 9.76. The van der Waals surface area contributed by atoms with E-state index in [0.717, 1.165) is 44.2 Å². The Kier molecular flexibility index (Phi) is 16.5. The summed E-state index contributed by atoms with van der Waals surface area (Å²) in [6, 6.07) is 0. The van der Waals surface area contributed by atoms with Crippen LogP contribution in [0.25, 0.3) is 0 Å². The Balaban J connectivity index is 2.34. The molecule has 2 fully saturated rings. The van der Waals surface area contributed by atoms with Crippen LogP contribution in [0.15, 0.2) is 5.10 Å². The van der Waals surface area contributed by atoms with Gasteiger partial charge < -0.3 is 25.9 Å². The quantitative estimate of drug-likeness (QED) is 0.169. The molecule has 2 saturated carbocycles. The summed E-state index contributed by atoms with van der Waals surface area (Å²) < 4.78 is 0. The van der Waals surface area contributed by atoms with E-state index in [1.165, 1.54) is 32.1 Å².